The van der Waals surface area contributed by atoms with Crippen LogP contribution in [0.1, 0.15) is 13.3 Å². The van der Waals surface area contributed by atoms with Gasteiger partial charge in [-0.05, 0) is 6.92 Å². The second kappa shape index (κ2) is 7.91. The van der Waals surface area contributed by atoms with E-state index in [1.807, 2.05) is 0 Å². The van der Waals surface area contributed by atoms with Crippen LogP contribution >= 0.6 is 15.9 Å². The van der Waals surface area contributed by atoms with Crippen molar-refractivity contribution in [2.24, 2.45) is 5.41 Å². The van der Waals surface area contributed by atoms with Gasteiger partial charge in [-0.25, -0.2) is 9.59 Å². The van der Waals surface area contributed by atoms with Crippen molar-refractivity contribution in [1.82, 2.24) is 0 Å². The highest BCUT2D eigenvalue weighted by molar-refractivity contribution is 9.09. The minimum atomic E-state index is -1.57. The summed E-state index contributed by atoms with van der Waals surface area (Å²) < 4.78 is 9.27. The highest BCUT2D eigenvalue weighted by Crippen LogP contribution is 2.26. The molecule has 0 aliphatic carbocycles. The molecule has 94 valence electrons. The zero-order valence-electron chi connectivity index (χ0n) is 10.1. The molecule has 0 spiro atoms. The van der Waals surface area contributed by atoms with Crippen LogP contribution in [0.4, 0.5) is 0 Å². The molecule has 0 rings (SSSR count). The Labute approximate surface area is 109 Å². The molecule has 0 aromatic carbocycles. The molecule has 17 heavy (non-hydrogen) atoms. The quantitative estimate of drug-likeness (QED) is 0.255. The first-order valence-corrected chi connectivity index (χ1v) is 6.03. The van der Waals surface area contributed by atoms with E-state index in [-0.39, 0.29) is 6.42 Å². The van der Waals surface area contributed by atoms with Gasteiger partial charge >= 0.3 is 11.9 Å². The summed E-state index contributed by atoms with van der Waals surface area (Å²) in [6.45, 7) is 1.55. The molecule has 4 nitrogen and oxygen atoms in total. The van der Waals surface area contributed by atoms with Gasteiger partial charge < -0.3 is 9.47 Å². The minimum absolute atomic E-state index is 0.124. The third-order valence-corrected chi connectivity index (χ3v) is 2.46. The number of ether oxygens (including phenoxy) is 2. The highest BCUT2D eigenvalue weighted by atomic mass is 79.9. The van der Waals surface area contributed by atoms with E-state index in [2.05, 4.69) is 37.2 Å². The monoisotopic (exact) mass is 302 g/mol. The van der Waals surface area contributed by atoms with Crippen LogP contribution in [0, 0.1) is 17.3 Å². The predicted molar refractivity (Wildman–Crippen MR) is 67.5 cm³/mol. The molecule has 0 atom stereocenters. The first kappa shape index (κ1) is 15.7. The van der Waals surface area contributed by atoms with Gasteiger partial charge in [0.05, 0.1) is 14.2 Å². The third kappa shape index (κ3) is 3.90. The summed E-state index contributed by atoms with van der Waals surface area (Å²) in [6, 6.07) is 0. The number of allylic oxidation sites excluding steroid dienone is 2. The van der Waals surface area contributed by atoms with E-state index in [1.165, 1.54) is 14.2 Å². The molecule has 0 bridgehead atoms. The van der Waals surface area contributed by atoms with Crippen molar-refractivity contribution in [2.45, 2.75) is 13.3 Å². The summed E-state index contributed by atoms with van der Waals surface area (Å²) in [7, 11) is 2.43. The van der Waals surface area contributed by atoms with Crippen LogP contribution in [-0.4, -0.2) is 31.5 Å². The van der Waals surface area contributed by atoms with Crippen molar-refractivity contribution in [1.29, 1.82) is 0 Å². The number of hydrogen-bond donors (Lipinski definition) is 0. The Hall–Kier alpha value is -1.28. The van der Waals surface area contributed by atoms with Crippen LogP contribution in [0.2, 0.25) is 0 Å². The normalized spacial score (nSPS) is 10.6. The smallest absolute Gasteiger partial charge is 0.335 e. The second-order valence-corrected chi connectivity index (χ2v) is 3.74. The fourth-order valence-electron chi connectivity index (χ4n) is 1.29. The maximum atomic E-state index is 11.7. The highest BCUT2D eigenvalue weighted by Gasteiger charge is 2.46. The number of esters is 2. The van der Waals surface area contributed by atoms with Crippen molar-refractivity contribution in [2.75, 3.05) is 19.5 Å². The Morgan fingerprint density at radius 3 is 2.12 bits per heavy atom. The average molecular weight is 303 g/mol. The molecule has 0 saturated carbocycles. The molecule has 0 heterocycles. The lowest BCUT2D eigenvalue weighted by Gasteiger charge is -2.21. The summed E-state index contributed by atoms with van der Waals surface area (Å²) in [6.07, 6.45) is 3.59. The lowest BCUT2D eigenvalue weighted by atomic mass is 9.85. The summed E-state index contributed by atoms with van der Waals surface area (Å²) in [4.78, 5) is 23.5. The third-order valence-electron chi connectivity index (χ3n) is 2.09. The van der Waals surface area contributed by atoms with Gasteiger partial charge in [0.15, 0.2) is 0 Å². The molecule has 0 saturated heterocycles. The van der Waals surface area contributed by atoms with Crippen LogP contribution in [0.15, 0.2) is 12.2 Å². The van der Waals surface area contributed by atoms with Gasteiger partial charge in [0.1, 0.15) is 0 Å². The molecule has 0 aromatic rings. The summed E-state index contributed by atoms with van der Waals surface area (Å²) in [5.74, 6) is 3.74. The molecular formula is C12H15BrO4. The lowest BCUT2D eigenvalue weighted by Crippen LogP contribution is -2.39. The van der Waals surface area contributed by atoms with Gasteiger partial charge in [-0.15, -0.1) is 5.92 Å². The maximum Gasteiger partial charge on any atom is 0.335 e. The van der Waals surface area contributed by atoms with Crippen molar-refractivity contribution >= 4 is 27.9 Å². The maximum absolute atomic E-state index is 11.7. The molecule has 0 aliphatic heterocycles. The fraction of sp³-hybridized carbons (Fsp3) is 0.500. The van der Waals surface area contributed by atoms with Crippen LogP contribution < -0.4 is 0 Å². The molecule has 0 aromatic heterocycles. The number of carbonyl (C=O) groups is 2. The fourth-order valence-corrected chi connectivity index (χ4v) is 1.55. The predicted octanol–water partition coefficient (Wildman–Crippen LogP) is 1.68. The Kier molecular flexibility index (Phi) is 7.31. The Balaban J connectivity index is 5.37. The first-order valence-electron chi connectivity index (χ1n) is 4.90. The number of carbonyl (C=O) groups excluding carboxylic acids is 2. The minimum Gasteiger partial charge on any atom is -0.467 e. The number of halogens is 1. The number of hydrogen-bond acceptors (Lipinski definition) is 4. The van der Waals surface area contributed by atoms with Gasteiger partial charge in [-0.2, -0.15) is 0 Å². The van der Waals surface area contributed by atoms with Crippen molar-refractivity contribution in [3.63, 3.8) is 0 Å². The van der Waals surface area contributed by atoms with Gasteiger partial charge in [0.25, 0.3) is 0 Å². The number of alkyl halides is 1. The van der Waals surface area contributed by atoms with E-state index in [0.717, 1.165) is 0 Å². The molecular weight excluding hydrogens is 288 g/mol. The van der Waals surface area contributed by atoms with Crippen LogP contribution in [0.3, 0.4) is 0 Å². The number of methoxy groups -OCH3 is 2. The van der Waals surface area contributed by atoms with Gasteiger partial charge in [0.2, 0.25) is 5.41 Å². The molecule has 0 aliphatic rings. The van der Waals surface area contributed by atoms with Gasteiger partial charge in [-0.1, -0.05) is 34.0 Å². The SMILES string of the molecule is CC#CC(CC=CCBr)(C(=O)OC)C(=O)OC. The number of rotatable bonds is 5. The Morgan fingerprint density at radius 2 is 1.76 bits per heavy atom. The topological polar surface area (TPSA) is 52.6 Å². The summed E-state index contributed by atoms with van der Waals surface area (Å²) in [5, 5.41) is 0.630. The van der Waals surface area contributed by atoms with Crippen molar-refractivity contribution in [3.8, 4) is 11.8 Å². The van der Waals surface area contributed by atoms with Crippen LogP contribution in [0.5, 0.6) is 0 Å². The largest absolute Gasteiger partial charge is 0.467 e. The van der Waals surface area contributed by atoms with E-state index in [0.29, 0.717) is 5.33 Å². The van der Waals surface area contributed by atoms with E-state index in [4.69, 9.17) is 0 Å². The van der Waals surface area contributed by atoms with Crippen molar-refractivity contribution < 1.29 is 19.1 Å². The summed E-state index contributed by atoms with van der Waals surface area (Å²) in [5.41, 5.74) is -1.57. The first-order chi connectivity index (χ1) is 8.08. The van der Waals surface area contributed by atoms with Crippen molar-refractivity contribution in [3.05, 3.63) is 12.2 Å². The molecule has 0 unspecified atom stereocenters. The van der Waals surface area contributed by atoms with Crippen LogP contribution in [0.25, 0.3) is 0 Å². The van der Waals surface area contributed by atoms with Gasteiger partial charge in [-0.3, -0.25) is 0 Å². The second-order valence-electron chi connectivity index (χ2n) is 3.09. The Morgan fingerprint density at radius 1 is 1.24 bits per heavy atom. The van der Waals surface area contributed by atoms with E-state index in [9.17, 15) is 9.59 Å². The van der Waals surface area contributed by atoms with Crippen LogP contribution in [-0.2, 0) is 19.1 Å². The van der Waals surface area contributed by atoms with E-state index < -0.39 is 17.4 Å². The van der Waals surface area contributed by atoms with E-state index in [1.54, 1.807) is 19.1 Å². The molecule has 0 amide bonds. The standard InChI is InChI=1S/C12H15BrO4/c1-4-7-12(10(14)16-2,11(15)17-3)8-5-6-9-13/h5-6H,8-9H2,1-3H3. The molecule has 5 heteroatoms. The zero-order valence-corrected chi connectivity index (χ0v) is 11.7. The zero-order chi connectivity index (χ0) is 13.3. The lowest BCUT2D eigenvalue weighted by molar-refractivity contribution is -0.164. The van der Waals surface area contributed by atoms with Gasteiger partial charge in [0, 0.05) is 11.8 Å². The summed E-state index contributed by atoms with van der Waals surface area (Å²) >= 11 is 3.21. The Bertz CT molecular complexity index is 346. The molecule has 0 fully saturated rings. The molecule has 0 N–H and O–H groups in total. The molecule has 0 radical (unpaired) electrons. The van der Waals surface area contributed by atoms with E-state index >= 15 is 0 Å². The average Bonchev–Trinajstić information content (AvgIpc) is 2.35.